The second-order valence-electron chi connectivity index (χ2n) is 5.60. The van der Waals surface area contributed by atoms with E-state index in [0.29, 0.717) is 37.8 Å². The summed E-state index contributed by atoms with van der Waals surface area (Å²) in [6.45, 7) is 1.83. The first-order chi connectivity index (χ1) is 11.1. The number of hydrogen-bond donors (Lipinski definition) is 0. The molecule has 3 heterocycles. The van der Waals surface area contributed by atoms with Crippen LogP contribution in [-0.2, 0) is 10.0 Å². The van der Waals surface area contributed by atoms with Crippen LogP contribution in [0, 0.1) is 0 Å². The third kappa shape index (κ3) is 2.57. The van der Waals surface area contributed by atoms with E-state index in [-0.39, 0.29) is 10.9 Å². The molecule has 0 aliphatic carbocycles. The van der Waals surface area contributed by atoms with Crippen LogP contribution in [-0.4, -0.2) is 48.8 Å². The van der Waals surface area contributed by atoms with Crippen molar-refractivity contribution in [3.63, 3.8) is 0 Å². The molecule has 4 rings (SSSR count). The van der Waals surface area contributed by atoms with Gasteiger partial charge in [-0.1, -0.05) is 0 Å². The quantitative estimate of drug-likeness (QED) is 0.845. The van der Waals surface area contributed by atoms with Crippen LogP contribution in [0.3, 0.4) is 0 Å². The van der Waals surface area contributed by atoms with Gasteiger partial charge in [0.2, 0.25) is 10.0 Å². The molecule has 8 heteroatoms. The maximum Gasteiger partial charge on any atom is 0.243 e. The highest BCUT2D eigenvalue weighted by Crippen LogP contribution is 2.34. The first-order valence-corrected chi connectivity index (χ1v) is 8.97. The minimum absolute atomic E-state index is 0.0805. The summed E-state index contributed by atoms with van der Waals surface area (Å²) >= 11 is 0. The fourth-order valence-corrected chi connectivity index (χ4v) is 4.48. The van der Waals surface area contributed by atoms with E-state index in [1.54, 1.807) is 24.4 Å². The van der Waals surface area contributed by atoms with Crippen molar-refractivity contribution in [1.29, 1.82) is 0 Å². The van der Waals surface area contributed by atoms with E-state index in [4.69, 9.17) is 9.47 Å². The maximum absolute atomic E-state index is 12.8. The van der Waals surface area contributed by atoms with Crippen LogP contribution in [0.2, 0.25) is 0 Å². The second-order valence-corrected chi connectivity index (χ2v) is 7.54. The number of aromatic nitrogens is 2. The number of rotatable bonds is 3. The fourth-order valence-electron chi connectivity index (χ4n) is 2.97. The lowest BCUT2D eigenvalue weighted by atomic mass is 10.3. The van der Waals surface area contributed by atoms with E-state index in [2.05, 4.69) is 5.10 Å². The van der Waals surface area contributed by atoms with Gasteiger partial charge in [0, 0.05) is 31.5 Å². The lowest BCUT2D eigenvalue weighted by molar-refractivity contribution is 0.171. The summed E-state index contributed by atoms with van der Waals surface area (Å²) in [5.74, 6) is 1.08. The number of ether oxygens (including phenoxy) is 2. The molecule has 1 atom stereocenters. The van der Waals surface area contributed by atoms with Crippen LogP contribution in [0.1, 0.15) is 12.5 Å². The zero-order valence-electron chi connectivity index (χ0n) is 12.5. The van der Waals surface area contributed by atoms with Crippen LogP contribution in [0.4, 0.5) is 0 Å². The molecule has 1 fully saturated rings. The molecule has 0 spiro atoms. The van der Waals surface area contributed by atoms with Crippen molar-refractivity contribution in [3.8, 4) is 11.5 Å². The predicted octanol–water partition coefficient (Wildman–Crippen LogP) is 1.29. The summed E-state index contributed by atoms with van der Waals surface area (Å²) in [4.78, 5) is 0.239. The van der Waals surface area contributed by atoms with E-state index < -0.39 is 10.0 Å². The normalized spacial score (nSPS) is 21.5. The lowest BCUT2D eigenvalue weighted by Crippen LogP contribution is -2.29. The van der Waals surface area contributed by atoms with Gasteiger partial charge in [-0.15, -0.1) is 0 Å². The molecule has 1 aromatic heterocycles. The van der Waals surface area contributed by atoms with Crippen LogP contribution in [0.15, 0.2) is 41.6 Å². The molecule has 2 aliphatic heterocycles. The van der Waals surface area contributed by atoms with Gasteiger partial charge in [0.1, 0.15) is 13.2 Å². The summed E-state index contributed by atoms with van der Waals surface area (Å²) in [7, 11) is -3.54. The van der Waals surface area contributed by atoms with Gasteiger partial charge >= 0.3 is 0 Å². The maximum atomic E-state index is 12.8. The lowest BCUT2D eigenvalue weighted by Gasteiger charge is -2.21. The highest BCUT2D eigenvalue weighted by atomic mass is 32.2. The Morgan fingerprint density at radius 2 is 2.00 bits per heavy atom. The SMILES string of the molecule is O=S(=O)(c1ccc2c(c1)OCCO2)N1CCC(n2cccn2)C1. The van der Waals surface area contributed by atoms with Crippen molar-refractivity contribution >= 4 is 10.0 Å². The summed E-state index contributed by atoms with van der Waals surface area (Å²) < 4.78 is 39.9. The minimum Gasteiger partial charge on any atom is -0.486 e. The van der Waals surface area contributed by atoms with Crippen molar-refractivity contribution in [3.05, 3.63) is 36.7 Å². The molecular formula is C15H17N3O4S. The first kappa shape index (κ1) is 14.5. The third-order valence-corrected chi connectivity index (χ3v) is 6.04. The van der Waals surface area contributed by atoms with Gasteiger partial charge in [-0.25, -0.2) is 8.42 Å². The molecule has 1 aromatic carbocycles. The Labute approximate surface area is 134 Å². The smallest absolute Gasteiger partial charge is 0.243 e. The Hall–Kier alpha value is -2.06. The van der Waals surface area contributed by atoms with E-state index in [1.807, 2.05) is 16.9 Å². The van der Waals surface area contributed by atoms with Crippen molar-refractivity contribution < 1.29 is 17.9 Å². The Morgan fingerprint density at radius 3 is 2.78 bits per heavy atom. The molecule has 122 valence electrons. The molecule has 23 heavy (non-hydrogen) atoms. The Balaban J connectivity index is 1.58. The molecule has 1 unspecified atom stereocenters. The Bertz CT molecular complexity index is 804. The largest absolute Gasteiger partial charge is 0.486 e. The van der Waals surface area contributed by atoms with Crippen LogP contribution in [0.5, 0.6) is 11.5 Å². The number of fused-ring (bicyclic) bond motifs is 1. The summed E-state index contributed by atoms with van der Waals surface area (Å²) in [5, 5.41) is 4.20. The van der Waals surface area contributed by atoms with Gasteiger partial charge < -0.3 is 9.47 Å². The molecule has 7 nitrogen and oxygen atoms in total. The molecule has 0 bridgehead atoms. The molecule has 1 saturated heterocycles. The van der Waals surface area contributed by atoms with E-state index >= 15 is 0 Å². The summed E-state index contributed by atoms with van der Waals surface area (Å²) in [6.07, 6.45) is 4.33. The molecular weight excluding hydrogens is 318 g/mol. The van der Waals surface area contributed by atoms with Gasteiger partial charge in [-0.3, -0.25) is 4.68 Å². The van der Waals surface area contributed by atoms with Crippen LogP contribution >= 0.6 is 0 Å². The predicted molar refractivity (Wildman–Crippen MR) is 82.1 cm³/mol. The standard InChI is InChI=1S/C15H17N3O4S/c19-23(20,13-2-3-14-15(10-13)22-9-8-21-14)17-7-4-12(11-17)18-6-1-5-16-18/h1-3,5-6,10,12H,4,7-9,11H2. The van der Waals surface area contributed by atoms with Crippen LogP contribution in [0.25, 0.3) is 0 Å². The van der Waals surface area contributed by atoms with Crippen molar-refractivity contribution in [1.82, 2.24) is 14.1 Å². The van der Waals surface area contributed by atoms with E-state index in [0.717, 1.165) is 6.42 Å². The number of hydrogen-bond acceptors (Lipinski definition) is 5. The van der Waals surface area contributed by atoms with Crippen molar-refractivity contribution in [2.45, 2.75) is 17.4 Å². The van der Waals surface area contributed by atoms with Crippen molar-refractivity contribution in [2.75, 3.05) is 26.3 Å². The number of sulfonamides is 1. The zero-order valence-corrected chi connectivity index (χ0v) is 13.3. The van der Waals surface area contributed by atoms with Gasteiger partial charge in [0.25, 0.3) is 0 Å². The monoisotopic (exact) mass is 335 g/mol. The summed E-state index contributed by atoms with van der Waals surface area (Å²) in [6, 6.07) is 6.70. The fraction of sp³-hybridized carbons (Fsp3) is 0.400. The molecule has 2 aromatic rings. The van der Waals surface area contributed by atoms with Gasteiger partial charge in [0.15, 0.2) is 11.5 Å². The average Bonchev–Trinajstić information content (AvgIpc) is 3.25. The molecule has 2 aliphatic rings. The Kier molecular flexibility index (Phi) is 3.50. The van der Waals surface area contributed by atoms with Crippen LogP contribution < -0.4 is 9.47 Å². The topological polar surface area (TPSA) is 73.7 Å². The average molecular weight is 335 g/mol. The highest BCUT2D eigenvalue weighted by Gasteiger charge is 2.34. The van der Waals surface area contributed by atoms with Gasteiger partial charge in [0.05, 0.1) is 10.9 Å². The zero-order chi connectivity index (χ0) is 15.9. The van der Waals surface area contributed by atoms with E-state index in [9.17, 15) is 8.42 Å². The van der Waals surface area contributed by atoms with Crippen molar-refractivity contribution in [2.24, 2.45) is 0 Å². The minimum atomic E-state index is -3.54. The number of benzene rings is 1. The first-order valence-electron chi connectivity index (χ1n) is 7.53. The highest BCUT2D eigenvalue weighted by molar-refractivity contribution is 7.89. The molecule has 0 saturated carbocycles. The van der Waals surface area contributed by atoms with Gasteiger partial charge in [-0.2, -0.15) is 9.40 Å². The Morgan fingerprint density at radius 1 is 1.17 bits per heavy atom. The summed E-state index contributed by atoms with van der Waals surface area (Å²) in [5.41, 5.74) is 0. The molecule has 0 amide bonds. The molecule has 0 N–H and O–H groups in total. The van der Waals surface area contributed by atoms with E-state index in [1.165, 1.54) is 4.31 Å². The van der Waals surface area contributed by atoms with Gasteiger partial charge in [-0.05, 0) is 24.6 Å². The second kappa shape index (κ2) is 5.54. The molecule has 0 radical (unpaired) electrons. The third-order valence-electron chi connectivity index (χ3n) is 4.18. The number of nitrogens with zero attached hydrogens (tertiary/aromatic N) is 3.